The van der Waals surface area contributed by atoms with E-state index in [0.717, 1.165) is 36.3 Å². The Morgan fingerprint density at radius 2 is 2.12 bits per heavy atom. The minimum Gasteiger partial charge on any atom is -0.496 e. The summed E-state index contributed by atoms with van der Waals surface area (Å²) in [6, 6.07) is 6.08. The highest BCUT2D eigenvalue weighted by atomic mass is 79.9. The van der Waals surface area contributed by atoms with Gasteiger partial charge in [0.1, 0.15) is 5.75 Å². The van der Waals surface area contributed by atoms with Gasteiger partial charge in [-0.3, -0.25) is 0 Å². The van der Waals surface area contributed by atoms with Crippen molar-refractivity contribution < 1.29 is 4.74 Å². The summed E-state index contributed by atoms with van der Waals surface area (Å²) < 4.78 is 6.41. The molecular formula is C13H21BrN2O. The molecule has 0 atom stereocenters. The van der Waals surface area contributed by atoms with Gasteiger partial charge in [-0.15, -0.1) is 0 Å². The maximum Gasteiger partial charge on any atom is 0.123 e. The van der Waals surface area contributed by atoms with E-state index in [0.29, 0.717) is 0 Å². The van der Waals surface area contributed by atoms with Gasteiger partial charge in [0, 0.05) is 16.6 Å². The summed E-state index contributed by atoms with van der Waals surface area (Å²) in [5.74, 6) is 0.938. The van der Waals surface area contributed by atoms with Crippen LogP contribution in [0.3, 0.4) is 0 Å². The topological polar surface area (TPSA) is 24.5 Å². The summed E-state index contributed by atoms with van der Waals surface area (Å²) in [4.78, 5) is 2.20. The van der Waals surface area contributed by atoms with Crippen LogP contribution in [0.1, 0.15) is 12.0 Å². The standard InChI is InChI=1S/C13H21BrN2O/c1-16(2)8-4-7-15-10-11-9-12(14)5-6-13(11)17-3/h5-6,9,15H,4,7-8,10H2,1-3H3. The lowest BCUT2D eigenvalue weighted by molar-refractivity contribution is 0.391. The number of methoxy groups -OCH3 is 1. The lowest BCUT2D eigenvalue weighted by Crippen LogP contribution is -2.21. The molecule has 0 aromatic heterocycles. The Hall–Kier alpha value is -0.580. The van der Waals surface area contributed by atoms with E-state index in [1.807, 2.05) is 12.1 Å². The second-order valence-electron chi connectivity index (χ2n) is 4.29. The fraction of sp³-hybridized carbons (Fsp3) is 0.538. The molecule has 1 rings (SSSR count). The third-order valence-corrected chi connectivity index (χ3v) is 3.01. The molecule has 0 aliphatic heterocycles. The minimum atomic E-state index is 0.843. The van der Waals surface area contributed by atoms with Gasteiger partial charge in [0.25, 0.3) is 0 Å². The highest BCUT2D eigenvalue weighted by molar-refractivity contribution is 9.10. The fourth-order valence-corrected chi connectivity index (χ4v) is 2.04. The Morgan fingerprint density at radius 3 is 2.76 bits per heavy atom. The minimum absolute atomic E-state index is 0.843. The Kier molecular flexibility index (Phi) is 6.55. The van der Waals surface area contributed by atoms with Gasteiger partial charge in [-0.25, -0.2) is 0 Å². The predicted molar refractivity (Wildman–Crippen MR) is 75.6 cm³/mol. The molecule has 4 heteroatoms. The zero-order chi connectivity index (χ0) is 12.7. The summed E-state index contributed by atoms with van der Waals surface area (Å²) in [7, 11) is 5.90. The molecule has 1 aromatic rings. The van der Waals surface area contributed by atoms with Gasteiger partial charge in [0.15, 0.2) is 0 Å². The normalized spacial score (nSPS) is 10.9. The van der Waals surface area contributed by atoms with Crippen molar-refractivity contribution in [2.45, 2.75) is 13.0 Å². The molecule has 0 bridgehead atoms. The van der Waals surface area contributed by atoms with Crippen LogP contribution in [-0.2, 0) is 6.54 Å². The predicted octanol–water partition coefficient (Wildman–Crippen LogP) is 2.50. The van der Waals surface area contributed by atoms with Crippen LogP contribution in [-0.4, -0.2) is 39.2 Å². The van der Waals surface area contributed by atoms with Gasteiger partial charge in [-0.05, 0) is 51.8 Å². The molecule has 0 amide bonds. The number of nitrogens with zero attached hydrogens (tertiary/aromatic N) is 1. The first-order chi connectivity index (χ1) is 8.13. The van der Waals surface area contributed by atoms with Crippen LogP contribution in [0.2, 0.25) is 0 Å². The van der Waals surface area contributed by atoms with Crippen LogP contribution >= 0.6 is 15.9 Å². The molecular weight excluding hydrogens is 280 g/mol. The van der Waals surface area contributed by atoms with Gasteiger partial charge < -0.3 is 15.0 Å². The van der Waals surface area contributed by atoms with E-state index in [-0.39, 0.29) is 0 Å². The van der Waals surface area contributed by atoms with E-state index in [9.17, 15) is 0 Å². The number of benzene rings is 1. The number of halogens is 1. The van der Waals surface area contributed by atoms with E-state index in [1.54, 1.807) is 7.11 Å². The molecule has 0 saturated heterocycles. The summed E-state index contributed by atoms with van der Waals surface area (Å²) in [5.41, 5.74) is 1.19. The van der Waals surface area contributed by atoms with Crippen molar-refractivity contribution in [3.63, 3.8) is 0 Å². The lowest BCUT2D eigenvalue weighted by atomic mass is 10.2. The van der Waals surface area contributed by atoms with Crippen molar-refractivity contribution in [3.05, 3.63) is 28.2 Å². The average molecular weight is 301 g/mol. The van der Waals surface area contributed by atoms with Crippen molar-refractivity contribution >= 4 is 15.9 Å². The summed E-state index contributed by atoms with van der Waals surface area (Å²) in [5, 5.41) is 3.43. The van der Waals surface area contributed by atoms with Gasteiger partial charge >= 0.3 is 0 Å². The number of rotatable bonds is 7. The molecule has 0 radical (unpaired) electrons. The van der Waals surface area contributed by atoms with Gasteiger partial charge in [0.2, 0.25) is 0 Å². The zero-order valence-electron chi connectivity index (χ0n) is 10.8. The number of hydrogen-bond acceptors (Lipinski definition) is 3. The monoisotopic (exact) mass is 300 g/mol. The third kappa shape index (κ3) is 5.52. The molecule has 3 nitrogen and oxygen atoms in total. The van der Waals surface area contributed by atoms with Crippen LogP contribution in [0.25, 0.3) is 0 Å². The molecule has 0 spiro atoms. The maximum absolute atomic E-state index is 5.33. The van der Waals surface area contributed by atoms with Crippen molar-refractivity contribution in [2.24, 2.45) is 0 Å². The quantitative estimate of drug-likeness (QED) is 0.783. The molecule has 1 aromatic carbocycles. The highest BCUT2D eigenvalue weighted by Gasteiger charge is 2.02. The van der Waals surface area contributed by atoms with E-state index in [1.165, 1.54) is 5.56 Å². The first-order valence-corrected chi connectivity index (χ1v) is 6.60. The van der Waals surface area contributed by atoms with E-state index in [2.05, 4.69) is 46.3 Å². The number of nitrogens with one attached hydrogen (secondary N) is 1. The van der Waals surface area contributed by atoms with Crippen LogP contribution < -0.4 is 10.1 Å². The summed E-state index contributed by atoms with van der Waals surface area (Å²) >= 11 is 3.48. The van der Waals surface area contributed by atoms with Gasteiger partial charge in [0.05, 0.1) is 7.11 Å². The van der Waals surface area contributed by atoms with Crippen molar-refractivity contribution in [1.29, 1.82) is 0 Å². The Balaban J connectivity index is 2.37. The summed E-state index contributed by atoms with van der Waals surface area (Å²) in [6.45, 7) is 2.98. The first kappa shape index (κ1) is 14.5. The molecule has 0 aliphatic rings. The molecule has 0 heterocycles. The Bertz CT molecular complexity index is 342. The van der Waals surface area contributed by atoms with Gasteiger partial charge in [-0.2, -0.15) is 0 Å². The SMILES string of the molecule is COc1ccc(Br)cc1CNCCCN(C)C. The highest BCUT2D eigenvalue weighted by Crippen LogP contribution is 2.22. The van der Waals surface area contributed by atoms with Crippen molar-refractivity contribution in [1.82, 2.24) is 10.2 Å². The molecule has 0 aliphatic carbocycles. The third-order valence-electron chi connectivity index (χ3n) is 2.52. The molecule has 17 heavy (non-hydrogen) atoms. The molecule has 0 fully saturated rings. The largest absolute Gasteiger partial charge is 0.496 e. The molecule has 1 N–H and O–H groups in total. The van der Waals surface area contributed by atoms with Gasteiger partial charge in [-0.1, -0.05) is 15.9 Å². The van der Waals surface area contributed by atoms with E-state index < -0.39 is 0 Å². The summed E-state index contributed by atoms with van der Waals surface area (Å²) in [6.07, 6.45) is 1.16. The number of hydrogen-bond donors (Lipinski definition) is 1. The Morgan fingerprint density at radius 1 is 1.35 bits per heavy atom. The number of ether oxygens (including phenoxy) is 1. The Labute approximate surface area is 112 Å². The molecule has 0 saturated carbocycles. The smallest absolute Gasteiger partial charge is 0.123 e. The van der Waals surface area contributed by atoms with E-state index in [4.69, 9.17) is 4.74 Å². The van der Waals surface area contributed by atoms with Crippen molar-refractivity contribution in [3.8, 4) is 5.75 Å². The molecule has 96 valence electrons. The second kappa shape index (κ2) is 7.69. The molecule has 0 unspecified atom stereocenters. The van der Waals surface area contributed by atoms with Crippen LogP contribution in [0, 0.1) is 0 Å². The maximum atomic E-state index is 5.33. The lowest BCUT2D eigenvalue weighted by Gasteiger charge is -2.12. The van der Waals surface area contributed by atoms with Crippen LogP contribution in [0.4, 0.5) is 0 Å². The zero-order valence-corrected chi connectivity index (χ0v) is 12.4. The van der Waals surface area contributed by atoms with Crippen molar-refractivity contribution in [2.75, 3.05) is 34.3 Å². The first-order valence-electron chi connectivity index (χ1n) is 5.81. The fourth-order valence-electron chi connectivity index (χ4n) is 1.63. The van der Waals surface area contributed by atoms with E-state index >= 15 is 0 Å². The second-order valence-corrected chi connectivity index (χ2v) is 5.21. The van der Waals surface area contributed by atoms with Crippen LogP contribution in [0.15, 0.2) is 22.7 Å². The van der Waals surface area contributed by atoms with Crippen LogP contribution in [0.5, 0.6) is 5.75 Å². The average Bonchev–Trinajstić information content (AvgIpc) is 2.28.